The third-order valence-electron chi connectivity index (χ3n) is 6.11. The van der Waals surface area contributed by atoms with Crippen LogP contribution in [-0.4, -0.2) is 12.6 Å². The maximum Gasteiger partial charge on any atom is 0.349 e. The molecule has 2 N–H and O–H groups in total. The van der Waals surface area contributed by atoms with Gasteiger partial charge in [-0.1, -0.05) is 48.0 Å². The van der Waals surface area contributed by atoms with Gasteiger partial charge in [-0.25, -0.2) is 9.18 Å². The summed E-state index contributed by atoms with van der Waals surface area (Å²) >= 11 is 5.93. The summed E-state index contributed by atoms with van der Waals surface area (Å²) in [6.45, 7) is -0.0429. The van der Waals surface area contributed by atoms with Crippen LogP contribution < -0.4 is 24.7 Å². The number of nitriles is 1. The molecule has 0 saturated carbocycles. The monoisotopic (exact) mass is 556 g/mol. The number of fused-ring (bicyclic) bond motifs is 1. The first-order chi connectivity index (χ1) is 19.4. The minimum Gasteiger partial charge on any atom is -0.489 e. The standard InChI is InChI=1S/C31H22ClFN2O5/c32-21-2-1-3-24(14-21)38-18-29(36)39-25-12-13-26-28(15-25)40-31(35)27(16-34)30(26)20-6-10-23(11-7-20)37-17-19-4-8-22(33)9-5-19/h1-15,30H,17-18,35H2. The summed E-state index contributed by atoms with van der Waals surface area (Å²) in [6.07, 6.45) is 0. The van der Waals surface area contributed by atoms with Gasteiger partial charge >= 0.3 is 5.97 Å². The highest BCUT2D eigenvalue weighted by molar-refractivity contribution is 6.30. The minimum absolute atomic E-state index is 0.0376. The lowest BCUT2D eigenvalue weighted by Crippen LogP contribution is -2.21. The Bertz CT molecular complexity index is 1610. The fourth-order valence-electron chi connectivity index (χ4n) is 4.21. The second-order valence-electron chi connectivity index (χ2n) is 8.83. The van der Waals surface area contributed by atoms with E-state index in [-0.39, 0.29) is 36.2 Å². The molecule has 0 radical (unpaired) electrons. The highest BCUT2D eigenvalue weighted by Gasteiger charge is 2.31. The van der Waals surface area contributed by atoms with E-state index in [1.165, 1.54) is 12.1 Å². The Kier molecular flexibility index (Phi) is 7.85. The van der Waals surface area contributed by atoms with Gasteiger partial charge in [0.05, 0.1) is 5.92 Å². The SMILES string of the molecule is N#CC1=C(N)Oc2cc(OC(=O)COc3cccc(Cl)c3)ccc2C1c1ccc(OCc2ccc(F)cc2)cc1. The number of nitrogens with zero attached hydrogens (tertiary/aromatic N) is 1. The molecule has 4 aromatic carbocycles. The maximum atomic E-state index is 13.1. The highest BCUT2D eigenvalue weighted by atomic mass is 35.5. The van der Waals surface area contributed by atoms with E-state index in [1.54, 1.807) is 66.7 Å². The zero-order valence-electron chi connectivity index (χ0n) is 21.0. The molecule has 40 heavy (non-hydrogen) atoms. The van der Waals surface area contributed by atoms with E-state index in [2.05, 4.69) is 6.07 Å². The van der Waals surface area contributed by atoms with Gasteiger partial charge in [0.25, 0.3) is 0 Å². The first-order valence-electron chi connectivity index (χ1n) is 12.2. The molecule has 1 unspecified atom stereocenters. The van der Waals surface area contributed by atoms with Gasteiger partial charge in [0.1, 0.15) is 47.1 Å². The zero-order chi connectivity index (χ0) is 28.1. The fourth-order valence-corrected chi connectivity index (χ4v) is 4.39. The average molecular weight is 557 g/mol. The Balaban J connectivity index is 1.30. The van der Waals surface area contributed by atoms with Crippen molar-refractivity contribution in [2.24, 2.45) is 5.73 Å². The number of carbonyl (C=O) groups excluding carboxylic acids is 1. The molecule has 0 amide bonds. The van der Waals surface area contributed by atoms with Crippen molar-refractivity contribution in [1.82, 2.24) is 0 Å². The highest BCUT2D eigenvalue weighted by Crippen LogP contribution is 2.43. The van der Waals surface area contributed by atoms with Crippen LogP contribution in [0.15, 0.2) is 102 Å². The van der Waals surface area contributed by atoms with E-state index in [1.807, 2.05) is 12.1 Å². The Morgan fingerprint density at radius 3 is 2.42 bits per heavy atom. The average Bonchev–Trinajstić information content (AvgIpc) is 2.95. The van der Waals surface area contributed by atoms with E-state index in [0.717, 1.165) is 11.1 Å². The van der Waals surface area contributed by atoms with Crippen molar-refractivity contribution in [1.29, 1.82) is 5.26 Å². The Hall–Kier alpha value is -5.00. The largest absolute Gasteiger partial charge is 0.489 e. The zero-order valence-corrected chi connectivity index (χ0v) is 21.7. The smallest absolute Gasteiger partial charge is 0.349 e. The van der Waals surface area contributed by atoms with Crippen LogP contribution in [-0.2, 0) is 11.4 Å². The first-order valence-corrected chi connectivity index (χ1v) is 12.5. The van der Waals surface area contributed by atoms with Gasteiger partial charge in [-0.2, -0.15) is 5.26 Å². The summed E-state index contributed by atoms with van der Waals surface area (Å²) in [6, 6.07) is 27.0. The van der Waals surface area contributed by atoms with Gasteiger partial charge in [-0.05, 0) is 59.7 Å². The van der Waals surface area contributed by atoms with Crippen molar-refractivity contribution < 1.29 is 28.1 Å². The Labute approximate surface area is 234 Å². The number of carbonyl (C=O) groups is 1. The lowest BCUT2D eigenvalue weighted by Gasteiger charge is -2.26. The van der Waals surface area contributed by atoms with Crippen LogP contribution in [0, 0.1) is 17.1 Å². The summed E-state index contributed by atoms with van der Waals surface area (Å²) in [5, 5.41) is 10.3. The first kappa shape index (κ1) is 26.6. The molecule has 5 rings (SSSR count). The number of ether oxygens (including phenoxy) is 4. The lowest BCUT2D eigenvalue weighted by atomic mass is 9.83. The van der Waals surface area contributed by atoms with Gasteiger partial charge in [-0.15, -0.1) is 0 Å². The quantitative estimate of drug-likeness (QED) is 0.202. The molecule has 0 aromatic heterocycles. The molecular formula is C31H22ClFN2O5. The molecule has 1 heterocycles. The third kappa shape index (κ3) is 6.17. The van der Waals surface area contributed by atoms with Crippen LogP contribution in [0.4, 0.5) is 4.39 Å². The molecule has 4 aromatic rings. The van der Waals surface area contributed by atoms with Gasteiger partial charge in [0.2, 0.25) is 5.88 Å². The number of allylic oxidation sites excluding steroid dienone is 1. The number of hydrogen-bond acceptors (Lipinski definition) is 7. The van der Waals surface area contributed by atoms with E-state index < -0.39 is 11.9 Å². The van der Waals surface area contributed by atoms with Crippen molar-refractivity contribution in [2.75, 3.05) is 6.61 Å². The summed E-state index contributed by atoms with van der Waals surface area (Å²) in [5.41, 5.74) is 8.67. The van der Waals surface area contributed by atoms with Gasteiger partial charge in [0, 0.05) is 16.7 Å². The van der Waals surface area contributed by atoms with Crippen molar-refractivity contribution in [3.63, 3.8) is 0 Å². The predicted molar refractivity (Wildman–Crippen MR) is 145 cm³/mol. The molecule has 1 atom stereocenters. The van der Waals surface area contributed by atoms with Crippen LogP contribution in [0.5, 0.6) is 23.0 Å². The van der Waals surface area contributed by atoms with E-state index in [0.29, 0.717) is 27.8 Å². The molecule has 200 valence electrons. The lowest BCUT2D eigenvalue weighted by molar-refractivity contribution is -0.136. The summed E-state index contributed by atoms with van der Waals surface area (Å²) in [7, 11) is 0. The topological polar surface area (TPSA) is 104 Å². The normalized spacial score (nSPS) is 14.0. The number of halogens is 2. The van der Waals surface area contributed by atoms with Gasteiger partial charge < -0.3 is 24.7 Å². The molecule has 0 saturated heterocycles. The van der Waals surface area contributed by atoms with E-state index in [9.17, 15) is 14.4 Å². The van der Waals surface area contributed by atoms with Crippen LogP contribution in [0.1, 0.15) is 22.6 Å². The Morgan fingerprint density at radius 1 is 0.950 bits per heavy atom. The van der Waals surface area contributed by atoms with E-state index >= 15 is 0 Å². The van der Waals surface area contributed by atoms with Gasteiger partial charge in [-0.3, -0.25) is 0 Å². The van der Waals surface area contributed by atoms with Crippen molar-refractivity contribution in [2.45, 2.75) is 12.5 Å². The minimum atomic E-state index is -0.621. The van der Waals surface area contributed by atoms with Crippen molar-refractivity contribution >= 4 is 17.6 Å². The number of rotatable bonds is 8. The number of hydrogen-bond donors (Lipinski definition) is 1. The van der Waals surface area contributed by atoms with Crippen molar-refractivity contribution in [3.8, 4) is 29.1 Å². The Morgan fingerprint density at radius 2 is 1.70 bits per heavy atom. The van der Waals surface area contributed by atoms with Crippen molar-refractivity contribution in [3.05, 3.63) is 130 Å². The second kappa shape index (κ2) is 11.8. The molecule has 0 aliphatic carbocycles. The summed E-state index contributed by atoms with van der Waals surface area (Å²) < 4.78 is 35.5. The molecule has 9 heteroatoms. The van der Waals surface area contributed by atoms with Crippen LogP contribution in [0.3, 0.4) is 0 Å². The number of esters is 1. The fraction of sp³-hybridized carbons (Fsp3) is 0.0968. The van der Waals surface area contributed by atoms with Crippen LogP contribution in [0.2, 0.25) is 5.02 Å². The second-order valence-corrected chi connectivity index (χ2v) is 9.27. The van der Waals surface area contributed by atoms with Gasteiger partial charge in [0.15, 0.2) is 6.61 Å². The predicted octanol–water partition coefficient (Wildman–Crippen LogP) is 6.26. The van der Waals surface area contributed by atoms with E-state index in [4.69, 9.17) is 36.3 Å². The third-order valence-corrected chi connectivity index (χ3v) is 6.34. The maximum absolute atomic E-state index is 13.1. The molecular weight excluding hydrogens is 535 g/mol. The molecule has 0 spiro atoms. The molecule has 1 aliphatic heterocycles. The molecule has 1 aliphatic rings. The van der Waals surface area contributed by atoms with Crippen LogP contribution >= 0.6 is 11.6 Å². The molecule has 0 fully saturated rings. The molecule has 7 nitrogen and oxygen atoms in total. The number of benzene rings is 4. The summed E-state index contributed by atoms with van der Waals surface area (Å²) in [5.74, 6) is 0.172. The molecule has 0 bridgehead atoms. The van der Waals surface area contributed by atoms with Crippen LogP contribution in [0.25, 0.3) is 0 Å². The number of nitrogens with two attached hydrogens (primary N) is 1. The summed E-state index contributed by atoms with van der Waals surface area (Å²) in [4.78, 5) is 12.4.